The highest BCUT2D eigenvalue weighted by Crippen LogP contribution is 2.23. The second-order valence-corrected chi connectivity index (χ2v) is 5.36. The second kappa shape index (κ2) is 5.91. The first-order valence-electron chi connectivity index (χ1n) is 6.02. The molecule has 2 rings (SSSR count). The molecule has 1 aliphatic rings. The van der Waals surface area contributed by atoms with Gasteiger partial charge in [0.2, 0.25) is 0 Å². The SMILES string of the molecule is CN(C(=O)c1ccc(Cl)c(Cl)c1)C1CCCNC1. The fraction of sp³-hybridized carbons (Fsp3) is 0.462. The number of nitrogens with zero attached hydrogens (tertiary/aromatic N) is 1. The van der Waals surface area contributed by atoms with Crippen LogP contribution in [0.1, 0.15) is 23.2 Å². The molecule has 1 amide bonds. The molecule has 1 unspecified atom stereocenters. The minimum absolute atomic E-state index is 0.0118. The molecule has 0 saturated carbocycles. The van der Waals surface area contributed by atoms with Gasteiger partial charge < -0.3 is 10.2 Å². The standard InChI is InChI=1S/C13H16Cl2N2O/c1-17(10-3-2-6-16-8-10)13(18)9-4-5-11(14)12(15)7-9/h4-5,7,10,16H,2-3,6,8H2,1H3. The van der Waals surface area contributed by atoms with Gasteiger partial charge in [0.1, 0.15) is 0 Å². The quantitative estimate of drug-likeness (QED) is 0.907. The largest absolute Gasteiger partial charge is 0.337 e. The molecule has 18 heavy (non-hydrogen) atoms. The van der Waals surface area contributed by atoms with Gasteiger partial charge in [0.25, 0.3) is 5.91 Å². The lowest BCUT2D eigenvalue weighted by Gasteiger charge is -2.31. The molecule has 0 spiro atoms. The molecule has 1 atom stereocenters. The highest BCUT2D eigenvalue weighted by molar-refractivity contribution is 6.42. The Hall–Kier alpha value is -0.770. The zero-order valence-electron chi connectivity index (χ0n) is 10.2. The van der Waals surface area contributed by atoms with Gasteiger partial charge in [-0.25, -0.2) is 0 Å². The van der Waals surface area contributed by atoms with Crippen molar-refractivity contribution in [1.82, 2.24) is 10.2 Å². The van der Waals surface area contributed by atoms with Crippen molar-refractivity contribution in [3.63, 3.8) is 0 Å². The average Bonchev–Trinajstić information content (AvgIpc) is 2.41. The monoisotopic (exact) mass is 286 g/mol. The van der Waals surface area contributed by atoms with E-state index in [0.29, 0.717) is 15.6 Å². The Morgan fingerprint density at radius 1 is 1.39 bits per heavy atom. The van der Waals surface area contributed by atoms with E-state index in [9.17, 15) is 4.79 Å². The van der Waals surface area contributed by atoms with Crippen LogP contribution in [0.5, 0.6) is 0 Å². The summed E-state index contributed by atoms with van der Waals surface area (Å²) in [5.41, 5.74) is 0.581. The van der Waals surface area contributed by atoms with Gasteiger partial charge in [0.15, 0.2) is 0 Å². The molecule has 0 bridgehead atoms. The predicted molar refractivity (Wildman–Crippen MR) is 74.4 cm³/mol. The van der Waals surface area contributed by atoms with Crippen LogP contribution in [-0.2, 0) is 0 Å². The van der Waals surface area contributed by atoms with E-state index >= 15 is 0 Å². The Kier molecular flexibility index (Phi) is 4.49. The molecule has 1 aliphatic heterocycles. The van der Waals surface area contributed by atoms with Crippen molar-refractivity contribution in [2.75, 3.05) is 20.1 Å². The molecule has 1 aromatic rings. The van der Waals surface area contributed by atoms with Crippen LogP contribution in [-0.4, -0.2) is 37.0 Å². The molecule has 1 fully saturated rings. The number of hydrogen-bond donors (Lipinski definition) is 1. The van der Waals surface area contributed by atoms with Crippen LogP contribution in [0.3, 0.4) is 0 Å². The third-order valence-electron chi connectivity index (χ3n) is 3.31. The summed E-state index contributed by atoms with van der Waals surface area (Å²) in [6.07, 6.45) is 2.14. The number of amides is 1. The highest BCUT2D eigenvalue weighted by Gasteiger charge is 2.23. The minimum atomic E-state index is -0.0118. The molecular formula is C13H16Cl2N2O. The number of rotatable bonds is 2. The number of carbonyl (C=O) groups excluding carboxylic acids is 1. The van der Waals surface area contributed by atoms with Crippen molar-refractivity contribution >= 4 is 29.1 Å². The number of nitrogens with one attached hydrogen (secondary N) is 1. The topological polar surface area (TPSA) is 32.3 Å². The molecule has 1 aromatic carbocycles. The van der Waals surface area contributed by atoms with Crippen molar-refractivity contribution in [2.45, 2.75) is 18.9 Å². The molecule has 1 N–H and O–H groups in total. The maximum absolute atomic E-state index is 12.3. The summed E-state index contributed by atoms with van der Waals surface area (Å²) in [7, 11) is 1.84. The van der Waals surface area contributed by atoms with Crippen LogP contribution in [0.2, 0.25) is 10.0 Å². The molecule has 98 valence electrons. The number of hydrogen-bond acceptors (Lipinski definition) is 2. The maximum Gasteiger partial charge on any atom is 0.253 e. The number of piperidine rings is 1. The number of halogens is 2. The summed E-state index contributed by atoms with van der Waals surface area (Å²) in [4.78, 5) is 14.1. The van der Waals surface area contributed by atoms with Gasteiger partial charge in [-0.2, -0.15) is 0 Å². The number of benzene rings is 1. The van der Waals surface area contributed by atoms with Gasteiger partial charge >= 0.3 is 0 Å². The Morgan fingerprint density at radius 2 is 2.17 bits per heavy atom. The third kappa shape index (κ3) is 2.97. The van der Waals surface area contributed by atoms with E-state index in [1.807, 2.05) is 7.05 Å². The van der Waals surface area contributed by atoms with Crippen LogP contribution < -0.4 is 5.32 Å². The van der Waals surface area contributed by atoms with Gasteiger partial charge in [-0.05, 0) is 37.6 Å². The van der Waals surface area contributed by atoms with Gasteiger partial charge in [-0.15, -0.1) is 0 Å². The van der Waals surface area contributed by atoms with E-state index in [2.05, 4.69) is 5.32 Å². The fourth-order valence-corrected chi connectivity index (χ4v) is 2.46. The van der Waals surface area contributed by atoms with Crippen molar-refractivity contribution in [1.29, 1.82) is 0 Å². The summed E-state index contributed by atoms with van der Waals surface area (Å²) < 4.78 is 0. The van der Waals surface area contributed by atoms with Gasteiger partial charge in [0.05, 0.1) is 10.0 Å². The van der Waals surface area contributed by atoms with E-state index in [1.165, 1.54) is 0 Å². The average molecular weight is 287 g/mol. The normalized spacial score (nSPS) is 19.6. The summed E-state index contributed by atoms with van der Waals surface area (Å²) in [6, 6.07) is 5.24. The summed E-state index contributed by atoms with van der Waals surface area (Å²) >= 11 is 11.8. The molecule has 0 aromatic heterocycles. The van der Waals surface area contributed by atoms with Crippen LogP contribution in [0, 0.1) is 0 Å². The molecule has 1 heterocycles. The first kappa shape index (κ1) is 13.7. The number of likely N-dealkylation sites (N-methyl/N-ethyl adjacent to an activating group) is 1. The molecule has 5 heteroatoms. The van der Waals surface area contributed by atoms with Crippen LogP contribution in [0.15, 0.2) is 18.2 Å². The predicted octanol–water partition coefficient (Wildman–Crippen LogP) is 2.82. The number of carbonyl (C=O) groups is 1. The van der Waals surface area contributed by atoms with Crippen LogP contribution in [0.25, 0.3) is 0 Å². The maximum atomic E-state index is 12.3. The third-order valence-corrected chi connectivity index (χ3v) is 4.04. The second-order valence-electron chi connectivity index (χ2n) is 4.55. The van der Waals surface area contributed by atoms with E-state index < -0.39 is 0 Å². The zero-order valence-corrected chi connectivity index (χ0v) is 11.8. The zero-order chi connectivity index (χ0) is 13.1. The van der Waals surface area contributed by atoms with Crippen LogP contribution in [0.4, 0.5) is 0 Å². The Morgan fingerprint density at radius 3 is 2.78 bits per heavy atom. The van der Waals surface area contributed by atoms with Crippen molar-refractivity contribution in [2.24, 2.45) is 0 Å². The van der Waals surface area contributed by atoms with Crippen molar-refractivity contribution in [3.05, 3.63) is 33.8 Å². The lowest BCUT2D eigenvalue weighted by atomic mass is 10.1. The Bertz CT molecular complexity index is 445. The first-order valence-corrected chi connectivity index (χ1v) is 6.78. The lowest BCUT2D eigenvalue weighted by molar-refractivity contribution is 0.0708. The molecule has 0 radical (unpaired) electrons. The van der Waals surface area contributed by atoms with Crippen LogP contribution >= 0.6 is 23.2 Å². The first-order chi connectivity index (χ1) is 8.59. The van der Waals surface area contributed by atoms with E-state index in [4.69, 9.17) is 23.2 Å². The Balaban J connectivity index is 2.11. The molecule has 0 aliphatic carbocycles. The smallest absolute Gasteiger partial charge is 0.253 e. The van der Waals surface area contributed by atoms with Gasteiger partial charge in [0, 0.05) is 25.2 Å². The molecular weight excluding hydrogens is 271 g/mol. The van der Waals surface area contributed by atoms with E-state index in [1.54, 1.807) is 23.1 Å². The molecule has 3 nitrogen and oxygen atoms in total. The van der Waals surface area contributed by atoms with Gasteiger partial charge in [-0.1, -0.05) is 23.2 Å². The van der Waals surface area contributed by atoms with E-state index in [0.717, 1.165) is 25.9 Å². The fourth-order valence-electron chi connectivity index (χ4n) is 2.16. The Labute approximate surface area is 117 Å². The van der Waals surface area contributed by atoms with Crippen molar-refractivity contribution in [3.8, 4) is 0 Å². The highest BCUT2D eigenvalue weighted by atomic mass is 35.5. The summed E-state index contributed by atoms with van der Waals surface area (Å²) in [5.74, 6) is -0.0118. The summed E-state index contributed by atoms with van der Waals surface area (Å²) in [6.45, 7) is 1.88. The van der Waals surface area contributed by atoms with E-state index in [-0.39, 0.29) is 11.9 Å². The lowest BCUT2D eigenvalue weighted by Crippen LogP contribution is -2.46. The summed E-state index contributed by atoms with van der Waals surface area (Å²) in [5, 5.41) is 4.18. The molecule has 1 saturated heterocycles. The van der Waals surface area contributed by atoms with Crippen molar-refractivity contribution < 1.29 is 4.79 Å². The van der Waals surface area contributed by atoms with Gasteiger partial charge in [-0.3, -0.25) is 4.79 Å². The minimum Gasteiger partial charge on any atom is -0.337 e.